The van der Waals surface area contributed by atoms with Crippen LogP contribution in [0.2, 0.25) is 0 Å². The Morgan fingerprint density at radius 1 is 0.839 bits per heavy atom. The molecular weight excluding hydrogens is 380 g/mol. The summed E-state index contributed by atoms with van der Waals surface area (Å²) in [6, 6.07) is 31.8. The molecule has 154 valence electrons. The summed E-state index contributed by atoms with van der Waals surface area (Å²) in [5, 5.41) is 0. The molecule has 0 spiro atoms. The second-order valence-electron chi connectivity index (χ2n) is 8.40. The molecule has 5 rings (SSSR count). The number of aldehydes is 1. The quantitative estimate of drug-likeness (QED) is 0.286. The first kappa shape index (κ1) is 19.5. The average molecular weight is 407 g/mol. The summed E-state index contributed by atoms with van der Waals surface area (Å²) in [4.78, 5) is 16.4. The van der Waals surface area contributed by atoms with Gasteiger partial charge in [-0.3, -0.25) is 0 Å². The summed E-state index contributed by atoms with van der Waals surface area (Å²) in [5.74, 6) is 0.566. The van der Waals surface area contributed by atoms with Gasteiger partial charge in [0.1, 0.15) is 11.8 Å². The summed E-state index contributed by atoms with van der Waals surface area (Å²) in [6.45, 7) is 0. The molecule has 31 heavy (non-hydrogen) atoms. The molecular formula is C28H26N2O. The number of carbonyl (C=O) groups is 1. The lowest BCUT2D eigenvalue weighted by molar-refractivity contribution is -0.111. The van der Waals surface area contributed by atoms with Gasteiger partial charge in [0.2, 0.25) is 0 Å². The highest BCUT2D eigenvalue weighted by Crippen LogP contribution is 2.43. The molecule has 3 heteroatoms. The van der Waals surface area contributed by atoms with E-state index in [2.05, 4.69) is 101 Å². The third-order valence-electron chi connectivity index (χ3n) is 6.50. The molecule has 3 aromatic carbocycles. The van der Waals surface area contributed by atoms with Crippen molar-refractivity contribution in [3.63, 3.8) is 0 Å². The fraction of sp³-hybridized carbons (Fsp3) is 0.214. The van der Waals surface area contributed by atoms with Crippen molar-refractivity contribution < 1.29 is 4.79 Å². The Morgan fingerprint density at radius 3 is 1.74 bits per heavy atom. The van der Waals surface area contributed by atoms with Crippen molar-refractivity contribution in [3.8, 4) is 0 Å². The zero-order chi connectivity index (χ0) is 21.1. The van der Waals surface area contributed by atoms with Crippen LogP contribution in [0, 0.1) is 11.8 Å². The number of rotatable bonds is 8. The van der Waals surface area contributed by atoms with E-state index in [1.54, 1.807) is 0 Å². The van der Waals surface area contributed by atoms with Gasteiger partial charge in [0.25, 0.3) is 0 Å². The Kier molecular flexibility index (Phi) is 5.25. The van der Waals surface area contributed by atoms with Crippen LogP contribution in [-0.4, -0.2) is 15.8 Å². The molecule has 1 atom stereocenters. The molecule has 0 N–H and O–H groups in total. The molecule has 1 heterocycles. The molecule has 0 aliphatic heterocycles. The van der Waals surface area contributed by atoms with Crippen LogP contribution >= 0.6 is 0 Å². The molecule has 0 bridgehead atoms. The second kappa shape index (κ2) is 8.35. The maximum absolute atomic E-state index is 11.9. The zero-order valence-electron chi connectivity index (χ0n) is 17.5. The van der Waals surface area contributed by atoms with E-state index in [1.165, 1.54) is 16.7 Å². The van der Waals surface area contributed by atoms with E-state index in [0.717, 1.165) is 24.8 Å². The summed E-state index contributed by atoms with van der Waals surface area (Å²) in [6.07, 6.45) is 8.02. The lowest BCUT2D eigenvalue weighted by Crippen LogP contribution is -2.38. The second-order valence-corrected chi connectivity index (χ2v) is 8.40. The summed E-state index contributed by atoms with van der Waals surface area (Å²) in [7, 11) is 0. The molecule has 1 aliphatic rings. The number of carbonyl (C=O) groups excluding carboxylic acids is 1. The highest BCUT2D eigenvalue weighted by Gasteiger charge is 2.40. The Morgan fingerprint density at radius 2 is 1.32 bits per heavy atom. The van der Waals surface area contributed by atoms with E-state index in [-0.39, 0.29) is 5.92 Å². The lowest BCUT2D eigenvalue weighted by atomic mass is 9.76. The van der Waals surface area contributed by atoms with Crippen LogP contribution in [0.5, 0.6) is 0 Å². The van der Waals surface area contributed by atoms with Crippen LogP contribution in [-0.2, 0) is 16.8 Å². The van der Waals surface area contributed by atoms with Crippen molar-refractivity contribution in [2.24, 2.45) is 11.8 Å². The monoisotopic (exact) mass is 406 g/mol. The van der Waals surface area contributed by atoms with Crippen LogP contribution in [0.3, 0.4) is 0 Å². The van der Waals surface area contributed by atoms with Gasteiger partial charge in [-0.25, -0.2) is 4.98 Å². The molecule has 1 aliphatic carbocycles. The number of benzene rings is 3. The molecule has 0 amide bonds. The fourth-order valence-corrected chi connectivity index (χ4v) is 4.82. The third kappa shape index (κ3) is 3.50. The summed E-state index contributed by atoms with van der Waals surface area (Å²) < 4.78 is 2.28. The van der Waals surface area contributed by atoms with Gasteiger partial charge in [0.15, 0.2) is 0 Å². The predicted octanol–water partition coefficient (Wildman–Crippen LogP) is 5.49. The van der Waals surface area contributed by atoms with Gasteiger partial charge in [-0.1, -0.05) is 91.0 Å². The Bertz CT molecular complexity index is 1030. The maximum Gasteiger partial charge on any atom is 0.123 e. The zero-order valence-corrected chi connectivity index (χ0v) is 17.5. The van der Waals surface area contributed by atoms with Crippen LogP contribution in [0.25, 0.3) is 0 Å². The van der Waals surface area contributed by atoms with Gasteiger partial charge >= 0.3 is 0 Å². The van der Waals surface area contributed by atoms with E-state index in [9.17, 15) is 4.79 Å². The van der Waals surface area contributed by atoms with Gasteiger partial charge in [0, 0.05) is 17.8 Å². The van der Waals surface area contributed by atoms with Crippen molar-refractivity contribution in [2.45, 2.75) is 24.8 Å². The summed E-state index contributed by atoms with van der Waals surface area (Å²) in [5.41, 5.74) is 4.01. The van der Waals surface area contributed by atoms with Crippen molar-refractivity contribution in [1.82, 2.24) is 9.55 Å². The smallest absolute Gasteiger partial charge is 0.123 e. The van der Waals surface area contributed by atoms with Gasteiger partial charge in [0.05, 0.1) is 6.33 Å². The molecule has 0 radical (unpaired) electrons. The first-order valence-corrected chi connectivity index (χ1v) is 11.0. The van der Waals surface area contributed by atoms with Gasteiger partial charge < -0.3 is 9.36 Å². The minimum atomic E-state index is -0.577. The standard InChI is InChI=1S/C28H26N2O/c31-20-23(22-16-17-22)18-27-19-29-21-30(27)28(24-10-4-1-5-11-24,25-12-6-2-7-13-25)26-14-8-3-9-15-26/h1-15,19-23H,16-18H2. The topological polar surface area (TPSA) is 34.9 Å². The van der Waals surface area contributed by atoms with Crippen LogP contribution < -0.4 is 0 Å². The Hall–Kier alpha value is -3.46. The van der Waals surface area contributed by atoms with Crippen molar-refractivity contribution >= 4 is 6.29 Å². The van der Waals surface area contributed by atoms with Gasteiger partial charge in [-0.05, 0) is 41.9 Å². The molecule has 1 aromatic heterocycles. The number of aromatic nitrogens is 2. The third-order valence-corrected chi connectivity index (χ3v) is 6.50. The maximum atomic E-state index is 11.9. The molecule has 3 nitrogen and oxygen atoms in total. The first-order valence-electron chi connectivity index (χ1n) is 11.0. The largest absolute Gasteiger partial charge is 0.316 e. The number of hydrogen-bond donors (Lipinski definition) is 0. The average Bonchev–Trinajstić information content (AvgIpc) is 3.59. The Labute approximate surface area is 183 Å². The molecule has 1 fully saturated rings. The first-order chi connectivity index (χ1) is 15.3. The number of nitrogens with zero attached hydrogens (tertiary/aromatic N) is 2. The predicted molar refractivity (Wildman–Crippen MR) is 123 cm³/mol. The normalized spacial score (nSPS) is 14.8. The molecule has 1 unspecified atom stereocenters. The molecule has 4 aromatic rings. The van der Waals surface area contributed by atoms with Gasteiger partial charge in [-0.2, -0.15) is 0 Å². The minimum Gasteiger partial charge on any atom is -0.316 e. The van der Waals surface area contributed by atoms with E-state index in [4.69, 9.17) is 0 Å². The van der Waals surface area contributed by atoms with Crippen LogP contribution in [0.4, 0.5) is 0 Å². The van der Waals surface area contributed by atoms with E-state index < -0.39 is 5.54 Å². The minimum absolute atomic E-state index is 0.0514. The molecule has 0 saturated heterocycles. The SMILES string of the molecule is O=CC(Cc1cncn1C(c1ccccc1)(c1ccccc1)c1ccccc1)C1CC1. The van der Waals surface area contributed by atoms with Crippen LogP contribution in [0.15, 0.2) is 104 Å². The highest BCUT2D eigenvalue weighted by atomic mass is 16.1. The van der Waals surface area contributed by atoms with E-state index in [0.29, 0.717) is 12.3 Å². The lowest BCUT2D eigenvalue weighted by Gasteiger charge is -2.39. The number of imidazole rings is 1. The van der Waals surface area contributed by atoms with Crippen molar-refractivity contribution in [2.75, 3.05) is 0 Å². The van der Waals surface area contributed by atoms with Gasteiger partial charge in [-0.15, -0.1) is 0 Å². The summed E-state index contributed by atoms with van der Waals surface area (Å²) >= 11 is 0. The number of hydrogen-bond acceptors (Lipinski definition) is 2. The highest BCUT2D eigenvalue weighted by molar-refractivity contribution is 5.56. The van der Waals surface area contributed by atoms with E-state index in [1.807, 2.05) is 12.5 Å². The molecule has 1 saturated carbocycles. The van der Waals surface area contributed by atoms with Crippen molar-refractivity contribution in [1.29, 1.82) is 0 Å². The fourth-order valence-electron chi connectivity index (χ4n) is 4.82. The Balaban J connectivity index is 1.78. The van der Waals surface area contributed by atoms with E-state index >= 15 is 0 Å². The van der Waals surface area contributed by atoms with Crippen LogP contribution in [0.1, 0.15) is 35.2 Å². The van der Waals surface area contributed by atoms with Crippen molar-refractivity contribution in [3.05, 3.63) is 126 Å².